The van der Waals surface area contributed by atoms with Gasteiger partial charge in [-0.05, 0) is 6.92 Å². The maximum atomic E-state index is 8.33. The van der Waals surface area contributed by atoms with Gasteiger partial charge < -0.3 is 0 Å². The predicted molar refractivity (Wildman–Crippen MR) is 41.1 cm³/mol. The highest BCUT2D eigenvalue weighted by atomic mass is 35.5. The maximum absolute atomic E-state index is 8.33. The van der Waals surface area contributed by atoms with Gasteiger partial charge in [0.05, 0.1) is 30.1 Å². The Morgan fingerprint density at radius 2 is 2.45 bits per heavy atom. The second-order valence-electron chi connectivity index (χ2n) is 2.07. The van der Waals surface area contributed by atoms with Crippen LogP contribution in [0.2, 0.25) is 5.15 Å². The van der Waals surface area contributed by atoms with Gasteiger partial charge in [-0.2, -0.15) is 5.26 Å². The lowest BCUT2D eigenvalue weighted by Crippen LogP contribution is -1.93. The van der Waals surface area contributed by atoms with E-state index in [-0.39, 0.29) is 6.42 Å². The average molecular weight is 168 g/mol. The van der Waals surface area contributed by atoms with Crippen LogP contribution < -0.4 is 0 Å². The zero-order valence-corrected chi connectivity index (χ0v) is 6.76. The number of nitrogens with zero attached hydrogens (tertiary/aromatic N) is 3. The summed E-state index contributed by atoms with van der Waals surface area (Å²) in [5.74, 6) is 0. The molecular formula is C7H6ClN3. The lowest BCUT2D eigenvalue weighted by Gasteiger charge is -1.96. The van der Waals surface area contributed by atoms with Gasteiger partial charge in [-0.3, -0.25) is 4.98 Å². The van der Waals surface area contributed by atoms with E-state index in [1.54, 1.807) is 6.92 Å². The maximum Gasteiger partial charge on any atom is 0.150 e. The molecule has 0 radical (unpaired) electrons. The van der Waals surface area contributed by atoms with E-state index in [0.29, 0.717) is 16.5 Å². The second kappa shape index (κ2) is 3.31. The molecule has 56 valence electrons. The molecule has 3 nitrogen and oxygen atoms in total. The summed E-state index contributed by atoms with van der Waals surface area (Å²) in [6.07, 6.45) is 1.80. The van der Waals surface area contributed by atoms with Crippen LogP contribution in [0.3, 0.4) is 0 Å². The molecule has 0 bridgehead atoms. The summed E-state index contributed by atoms with van der Waals surface area (Å²) in [5, 5.41) is 8.72. The molecule has 1 heterocycles. The Labute approximate surface area is 69.7 Å². The van der Waals surface area contributed by atoms with Crippen molar-refractivity contribution in [3.05, 3.63) is 22.7 Å². The highest BCUT2D eigenvalue weighted by Crippen LogP contribution is 2.08. The van der Waals surface area contributed by atoms with E-state index in [1.807, 2.05) is 6.07 Å². The van der Waals surface area contributed by atoms with Crippen molar-refractivity contribution in [2.45, 2.75) is 13.3 Å². The van der Waals surface area contributed by atoms with E-state index in [2.05, 4.69) is 9.97 Å². The number of aromatic nitrogens is 2. The molecule has 0 unspecified atom stereocenters. The molecule has 0 amide bonds. The first-order chi connectivity index (χ1) is 5.24. The number of hydrogen-bond donors (Lipinski definition) is 0. The van der Waals surface area contributed by atoms with Crippen molar-refractivity contribution in [3.63, 3.8) is 0 Å². The van der Waals surface area contributed by atoms with Crippen molar-refractivity contribution >= 4 is 11.6 Å². The van der Waals surface area contributed by atoms with Crippen molar-refractivity contribution in [1.82, 2.24) is 9.97 Å². The molecule has 0 aromatic carbocycles. The van der Waals surface area contributed by atoms with Crippen LogP contribution in [-0.2, 0) is 6.42 Å². The van der Waals surface area contributed by atoms with Gasteiger partial charge in [0.25, 0.3) is 0 Å². The lowest BCUT2D eigenvalue weighted by atomic mass is 10.3. The van der Waals surface area contributed by atoms with Crippen LogP contribution in [0.25, 0.3) is 0 Å². The fraction of sp³-hybridized carbons (Fsp3) is 0.286. The molecule has 0 saturated carbocycles. The van der Waals surface area contributed by atoms with Gasteiger partial charge in [0, 0.05) is 0 Å². The molecule has 0 saturated heterocycles. The molecule has 0 atom stereocenters. The van der Waals surface area contributed by atoms with E-state index >= 15 is 0 Å². The minimum Gasteiger partial charge on any atom is -0.252 e. The Bertz CT molecular complexity index is 303. The summed E-state index contributed by atoms with van der Waals surface area (Å²) in [5.41, 5.74) is 1.33. The molecule has 0 fully saturated rings. The summed E-state index contributed by atoms with van der Waals surface area (Å²) >= 11 is 5.62. The van der Waals surface area contributed by atoms with Crippen LogP contribution in [0.1, 0.15) is 11.4 Å². The first kappa shape index (κ1) is 7.96. The third-order valence-electron chi connectivity index (χ3n) is 1.20. The number of nitriles is 1. The Hall–Kier alpha value is -1.14. The number of rotatable bonds is 1. The average Bonchev–Trinajstić information content (AvgIpc) is 1.98. The summed E-state index contributed by atoms with van der Waals surface area (Å²) in [7, 11) is 0. The van der Waals surface area contributed by atoms with Gasteiger partial charge in [-0.1, -0.05) is 11.6 Å². The largest absolute Gasteiger partial charge is 0.252 e. The van der Waals surface area contributed by atoms with Crippen LogP contribution in [0, 0.1) is 18.3 Å². The SMILES string of the molecule is Cc1nc(CC#N)cnc1Cl. The molecule has 0 aliphatic carbocycles. The van der Waals surface area contributed by atoms with Crippen LogP contribution in [0.4, 0.5) is 0 Å². The Balaban J connectivity index is 2.98. The summed E-state index contributed by atoms with van der Waals surface area (Å²) in [6.45, 7) is 1.76. The monoisotopic (exact) mass is 167 g/mol. The van der Waals surface area contributed by atoms with Gasteiger partial charge in [-0.25, -0.2) is 4.98 Å². The van der Waals surface area contributed by atoms with Gasteiger partial charge in [-0.15, -0.1) is 0 Å². The predicted octanol–water partition coefficient (Wildman–Crippen LogP) is 1.50. The second-order valence-corrected chi connectivity index (χ2v) is 2.43. The Kier molecular flexibility index (Phi) is 2.40. The van der Waals surface area contributed by atoms with E-state index in [0.717, 1.165) is 0 Å². The van der Waals surface area contributed by atoms with E-state index in [1.165, 1.54) is 6.20 Å². The van der Waals surface area contributed by atoms with Crippen molar-refractivity contribution in [1.29, 1.82) is 5.26 Å². The van der Waals surface area contributed by atoms with Crippen molar-refractivity contribution in [2.75, 3.05) is 0 Å². The zero-order chi connectivity index (χ0) is 8.27. The zero-order valence-electron chi connectivity index (χ0n) is 6.00. The molecule has 11 heavy (non-hydrogen) atoms. The molecule has 4 heteroatoms. The summed E-state index contributed by atoms with van der Waals surface area (Å²) in [6, 6.07) is 1.99. The van der Waals surface area contributed by atoms with Crippen molar-refractivity contribution in [2.24, 2.45) is 0 Å². The standard InChI is InChI=1S/C7H6ClN3/c1-5-7(8)10-4-6(11-5)2-3-9/h4H,2H2,1H3. The van der Waals surface area contributed by atoms with Gasteiger partial charge in [0.15, 0.2) is 0 Å². The molecule has 0 aliphatic rings. The molecule has 0 N–H and O–H groups in total. The van der Waals surface area contributed by atoms with E-state index in [4.69, 9.17) is 16.9 Å². The molecule has 0 aliphatic heterocycles. The van der Waals surface area contributed by atoms with Crippen LogP contribution in [0.5, 0.6) is 0 Å². The van der Waals surface area contributed by atoms with Crippen LogP contribution >= 0.6 is 11.6 Å². The first-order valence-corrected chi connectivity index (χ1v) is 3.47. The van der Waals surface area contributed by atoms with Crippen LogP contribution in [0.15, 0.2) is 6.20 Å². The fourth-order valence-corrected chi connectivity index (χ4v) is 0.772. The first-order valence-electron chi connectivity index (χ1n) is 3.09. The highest BCUT2D eigenvalue weighted by molar-refractivity contribution is 6.29. The topological polar surface area (TPSA) is 49.6 Å². The van der Waals surface area contributed by atoms with Crippen molar-refractivity contribution in [3.8, 4) is 6.07 Å². The van der Waals surface area contributed by atoms with Gasteiger partial charge in [0.2, 0.25) is 0 Å². The Morgan fingerprint density at radius 3 is 3.00 bits per heavy atom. The van der Waals surface area contributed by atoms with E-state index in [9.17, 15) is 0 Å². The smallest absolute Gasteiger partial charge is 0.150 e. The van der Waals surface area contributed by atoms with Crippen molar-refractivity contribution < 1.29 is 0 Å². The molecule has 0 spiro atoms. The lowest BCUT2D eigenvalue weighted by molar-refractivity contribution is 1.01. The minimum atomic E-state index is 0.283. The van der Waals surface area contributed by atoms with Gasteiger partial charge >= 0.3 is 0 Å². The fourth-order valence-electron chi connectivity index (χ4n) is 0.681. The molecule has 1 rings (SSSR count). The summed E-state index contributed by atoms with van der Waals surface area (Å²) in [4.78, 5) is 7.89. The molecule has 1 aromatic rings. The third-order valence-corrected chi connectivity index (χ3v) is 1.57. The summed E-state index contributed by atoms with van der Waals surface area (Å²) < 4.78 is 0. The van der Waals surface area contributed by atoms with E-state index < -0.39 is 0 Å². The quantitative estimate of drug-likeness (QED) is 0.637. The number of hydrogen-bond acceptors (Lipinski definition) is 3. The normalized spacial score (nSPS) is 9.18. The van der Waals surface area contributed by atoms with Crippen LogP contribution in [-0.4, -0.2) is 9.97 Å². The third kappa shape index (κ3) is 1.89. The molecule has 1 aromatic heterocycles. The van der Waals surface area contributed by atoms with Gasteiger partial charge in [0.1, 0.15) is 5.15 Å². The molecular weight excluding hydrogens is 162 g/mol. The minimum absolute atomic E-state index is 0.283. The highest BCUT2D eigenvalue weighted by Gasteiger charge is 1.98. The Morgan fingerprint density at radius 1 is 1.73 bits per heavy atom. The number of aryl methyl sites for hydroxylation is 1. The number of halogens is 1.